The third-order valence-electron chi connectivity index (χ3n) is 2.29. The summed E-state index contributed by atoms with van der Waals surface area (Å²) in [7, 11) is 0. The van der Waals surface area contributed by atoms with Crippen LogP contribution in [0.15, 0.2) is 36.5 Å². The first-order chi connectivity index (χ1) is 7.65. The van der Waals surface area contributed by atoms with E-state index in [0.29, 0.717) is 12.1 Å². The van der Waals surface area contributed by atoms with Gasteiger partial charge in [-0.1, -0.05) is 12.1 Å². The summed E-state index contributed by atoms with van der Waals surface area (Å²) in [5.41, 5.74) is 2.19. The van der Waals surface area contributed by atoms with Crippen molar-refractivity contribution in [2.75, 3.05) is 0 Å². The van der Waals surface area contributed by atoms with Gasteiger partial charge in [0.15, 0.2) is 0 Å². The third-order valence-corrected chi connectivity index (χ3v) is 2.29. The van der Waals surface area contributed by atoms with Crippen LogP contribution in [0, 0.1) is 6.92 Å². The average Bonchev–Trinajstić information content (AvgIpc) is 2.64. The molecular formula is C12H12N2O2. The molecule has 0 aliphatic heterocycles. The van der Waals surface area contributed by atoms with E-state index < -0.39 is 5.97 Å². The topological polar surface area (TPSA) is 55.1 Å². The summed E-state index contributed by atoms with van der Waals surface area (Å²) in [5, 5.41) is 13.1. The molecule has 0 aliphatic rings. The molecule has 4 heteroatoms. The van der Waals surface area contributed by atoms with Crippen molar-refractivity contribution in [1.82, 2.24) is 9.78 Å². The SMILES string of the molecule is Cc1ccn(Cc2cccc(C(=O)O)c2)n1. The van der Waals surface area contributed by atoms with Gasteiger partial charge in [-0.2, -0.15) is 5.10 Å². The van der Waals surface area contributed by atoms with Gasteiger partial charge in [0.2, 0.25) is 0 Å². The van der Waals surface area contributed by atoms with Gasteiger partial charge in [0.1, 0.15) is 0 Å². The maximum atomic E-state index is 10.8. The summed E-state index contributed by atoms with van der Waals surface area (Å²) in [6.45, 7) is 2.51. The van der Waals surface area contributed by atoms with Gasteiger partial charge in [-0.25, -0.2) is 4.79 Å². The number of aromatic nitrogens is 2. The maximum Gasteiger partial charge on any atom is 0.335 e. The Labute approximate surface area is 93.1 Å². The van der Waals surface area contributed by atoms with Crippen LogP contribution in [0.4, 0.5) is 0 Å². The van der Waals surface area contributed by atoms with E-state index in [2.05, 4.69) is 5.10 Å². The molecule has 1 heterocycles. The quantitative estimate of drug-likeness (QED) is 0.853. The van der Waals surface area contributed by atoms with Gasteiger partial charge in [-0.3, -0.25) is 4.68 Å². The number of aryl methyl sites for hydroxylation is 1. The van der Waals surface area contributed by atoms with Gasteiger partial charge in [-0.15, -0.1) is 0 Å². The van der Waals surface area contributed by atoms with Crippen molar-refractivity contribution >= 4 is 5.97 Å². The summed E-state index contributed by atoms with van der Waals surface area (Å²) < 4.78 is 1.79. The molecule has 1 aromatic carbocycles. The van der Waals surface area contributed by atoms with Crippen LogP contribution in [0.25, 0.3) is 0 Å². The Hall–Kier alpha value is -2.10. The van der Waals surface area contributed by atoms with E-state index in [1.165, 1.54) is 0 Å². The minimum atomic E-state index is -0.904. The van der Waals surface area contributed by atoms with Crippen LogP contribution in [0.3, 0.4) is 0 Å². The number of rotatable bonds is 3. The van der Waals surface area contributed by atoms with E-state index in [-0.39, 0.29) is 0 Å². The number of carbonyl (C=O) groups is 1. The van der Waals surface area contributed by atoms with Crippen LogP contribution in [0.2, 0.25) is 0 Å². The van der Waals surface area contributed by atoms with E-state index >= 15 is 0 Å². The first-order valence-electron chi connectivity index (χ1n) is 4.97. The predicted octanol–water partition coefficient (Wildman–Crippen LogP) is 1.94. The summed E-state index contributed by atoms with van der Waals surface area (Å²) in [6, 6.07) is 8.80. The molecule has 0 amide bonds. The second kappa shape index (κ2) is 4.18. The number of carboxylic acids is 1. The molecule has 16 heavy (non-hydrogen) atoms. The number of hydrogen-bond donors (Lipinski definition) is 1. The summed E-state index contributed by atoms with van der Waals surface area (Å²) in [4.78, 5) is 10.8. The highest BCUT2D eigenvalue weighted by Gasteiger charge is 2.03. The molecule has 0 saturated carbocycles. The predicted molar refractivity (Wildman–Crippen MR) is 59.5 cm³/mol. The zero-order chi connectivity index (χ0) is 11.5. The lowest BCUT2D eigenvalue weighted by molar-refractivity contribution is 0.0696. The lowest BCUT2D eigenvalue weighted by atomic mass is 10.1. The summed E-state index contributed by atoms with van der Waals surface area (Å²) in [6.07, 6.45) is 1.88. The van der Waals surface area contributed by atoms with E-state index in [1.54, 1.807) is 22.9 Å². The highest BCUT2D eigenvalue weighted by atomic mass is 16.4. The average molecular weight is 216 g/mol. The van der Waals surface area contributed by atoms with Crippen molar-refractivity contribution in [2.45, 2.75) is 13.5 Å². The van der Waals surface area contributed by atoms with Crippen molar-refractivity contribution < 1.29 is 9.90 Å². The molecule has 0 bridgehead atoms. The highest BCUT2D eigenvalue weighted by Crippen LogP contribution is 2.07. The van der Waals surface area contributed by atoms with Crippen LogP contribution in [0.5, 0.6) is 0 Å². The molecule has 82 valence electrons. The van der Waals surface area contributed by atoms with Crippen LogP contribution < -0.4 is 0 Å². The molecule has 2 rings (SSSR count). The zero-order valence-electron chi connectivity index (χ0n) is 8.92. The van der Waals surface area contributed by atoms with Crippen molar-refractivity contribution in [3.8, 4) is 0 Å². The number of hydrogen-bond acceptors (Lipinski definition) is 2. The Morgan fingerprint density at radius 2 is 2.25 bits per heavy atom. The monoisotopic (exact) mass is 216 g/mol. The lowest BCUT2D eigenvalue weighted by Crippen LogP contribution is -2.03. The van der Waals surface area contributed by atoms with E-state index in [4.69, 9.17) is 5.11 Å². The van der Waals surface area contributed by atoms with Gasteiger partial charge in [0.05, 0.1) is 17.8 Å². The van der Waals surface area contributed by atoms with E-state index in [9.17, 15) is 4.79 Å². The molecule has 0 fully saturated rings. The maximum absolute atomic E-state index is 10.8. The fourth-order valence-corrected chi connectivity index (χ4v) is 1.54. The standard InChI is InChI=1S/C12H12N2O2/c1-9-5-6-14(13-9)8-10-3-2-4-11(7-10)12(15)16/h2-7H,8H2,1H3,(H,15,16). The van der Waals surface area contributed by atoms with Gasteiger partial charge in [0.25, 0.3) is 0 Å². The normalized spacial score (nSPS) is 10.3. The van der Waals surface area contributed by atoms with Crippen molar-refractivity contribution in [3.63, 3.8) is 0 Å². The number of nitrogens with zero attached hydrogens (tertiary/aromatic N) is 2. The lowest BCUT2D eigenvalue weighted by Gasteiger charge is -2.03. The number of aromatic carboxylic acids is 1. The van der Waals surface area contributed by atoms with Gasteiger partial charge >= 0.3 is 5.97 Å². The first-order valence-corrected chi connectivity index (χ1v) is 4.97. The molecule has 0 saturated heterocycles. The molecule has 1 aromatic heterocycles. The Morgan fingerprint density at radius 1 is 1.44 bits per heavy atom. The number of benzene rings is 1. The fourth-order valence-electron chi connectivity index (χ4n) is 1.54. The molecule has 0 aliphatic carbocycles. The summed E-state index contributed by atoms with van der Waals surface area (Å²) in [5.74, 6) is -0.904. The van der Waals surface area contributed by atoms with Crippen molar-refractivity contribution in [3.05, 3.63) is 53.3 Å². The smallest absolute Gasteiger partial charge is 0.335 e. The van der Waals surface area contributed by atoms with Gasteiger partial charge < -0.3 is 5.11 Å². The molecule has 0 atom stereocenters. The van der Waals surface area contributed by atoms with Crippen molar-refractivity contribution in [2.24, 2.45) is 0 Å². The molecule has 0 radical (unpaired) electrons. The fraction of sp³-hybridized carbons (Fsp3) is 0.167. The molecular weight excluding hydrogens is 204 g/mol. The van der Waals surface area contributed by atoms with Gasteiger partial charge in [-0.05, 0) is 30.7 Å². The van der Waals surface area contributed by atoms with Crippen molar-refractivity contribution in [1.29, 1.82) is 0 Å². The highest BCUT2D eigenvalue weighted by molar-refractivity contribution is 5.87. The third kappa shape index (κ3) is 2.28. The Balaban J connectivity index is 2.21. The van der Waals surface area contributed by atoms with Crippen LogP contribution in [0.1, 0.15) is 21.6 Å². The second-order valence-corrected chi connectivity index (χ2v) is 3.66. The number of carboxylic acid groups (broad SMARTS) is 1. The largest absolute Gasteiger partial charge is 0.478 e. The molecule has 0 unspecified atom stereocenters. The minimum Gasteiger partial charge on any atom is -0.478 e. The molecule has 2 aromatic rings. The molecule has 1 N–H and O–H groups in total. The first kappa shape index (κ1) is 10.4. The van der Waals surface area contributed by atoms with Crippen LogP contribution >= 0.6 is 0 Å². The second-order valence-electron chi connectivity index (χ2n) is 3.66. The minimum absolute atomic E-state index is 0.307. The molecule has 4 nitrogen and oxygen atoms in total. The molecule has 0 spiro atoms. The van der Waals surface area contributed by atoms with Gasteiger partial charge in [0, 0.05) is 6.20 Å². The van der Waals surface area contributed by atoms with E-state index in [1.807, 2.05) is 25.3 Å². The Bertz CT molecular complexity index is 517. The van der Waals surface area contributed by atoms with E-state index in [0.717, 1.165) is 11.3 Å². The summed E-state index contributed by atoms with van der Waals surface area (Å²) >= 11 is 0. The van der Waals surface area contributed by atoms with Crippen LogP contribution in [-0.2, 0) is 6.54 Å². The Kier molecular flexibility index (Phi) is 2.72. The Morgan fingerprint density at radius 3 is 2.88 bits per heavy atom. The zero-order valence-corrected chi connectivity index (χ0v) is 8.92. The van der Waals surface area contributed by atoms with Crippen LogP contribution in [-0.4, -0.2) is 20.9 Å².